The van der Waals surface area contributed by atoms with E-state index in [-0.39, 0.29) is 6.61 Å². The normalized spacial score (nSPS) is 22.4. The molecule has 2 aromatic rings. The molecule has 1 saturated heterocycles. The Hall–Kier alpha value is -1.91. The Labute approximate surface area is 157 Å². The maximum Gasteiger partial charge on any atom is 0.163 e. The van der Waals surface area contributed by atoms with Crippen LogP contribution in [0.4, 0.5) is 0 Å². The van der Waals surface area contributed by atoms with Gasteiger partial charge >= 0.3 is 0 Å². The van der Waals surface area contributed by atoms with Crippen molar-refractivity contribution in [1.82, 2.24) is 9.55 Å². The first-order chi connectivity index (χ1) is 13.2. The number of hydrogen-bond acceptors (Lipinski definition) is 8. The molecule has 3 rings (SSSR count). The number of rotatable bonds is 10. The van der Waals surface area contributed by atoms with E-state index >= 15 is 0 Å². The number of nitrogens with zero attached hydrogens (tertiary/aromatic N) is 2. The van der Waals surface area contributed by atoms with Crippen LogP contribution >= 0.6 is 0 Å². The van der Waals surface area contributed by atoms with Crippen molar-refractivity contribution < 1.29 is 33.9 Å². The molecule has 1 unspecified atom stereocenters. The van der Waals surface area contributed by atoms with E-state index in [0.29, 0.717) is 49.9 Å². The van der Waals surface area contributed by atoms with Crippen LogP contribution in [0, 0.1) is 0 Å². The molecule has 3 atom stereocenters. The molecule has 1 aliphatic heterocycles. The first-order valence-electron chi connectivity index (χ1n) is 8.86. The summed E-state index contributed by atoms with van der Waals surface area (Å²) in [5, 5.41) is 19.3. The Balaban J connectivity index is 1.88. The van der Waals surface area contributed by atoms with E-state index in [1.807, 2.05) is 10.6 Å². The van der Waals surface area contributed by atoms with E-state index in [9.17, 15) is 10.2 Å². The lowest BCUT2D eigenvalue weighted by atomic mass is 10.2. The summed E-state index contributed by atoms with van der Waals surface area (Å²) in [5.74, 6) is 1.14. The first kappa shape index (κ1) is 19.8. The number of aliphatic hydroxyl groups is 2. The van der Waals surface area contributed by atoms with Crippen molar-refractivity contribution in [3.05, 3.63) is 18.5 Å². The highest BCUT2D eigenvalue weighted by molar-refractivity contribution is 5.80. The molecule has 1 aromatic carbocycles. The van der Waals surface area contributed by atoms with Gasteiger partial charge in [0, 0.05) is 32.8 Å². The molecular weight excluding hydrogens is 356 g/mol. The van der Waals surface area contributed by atoms with Crippen LogP contribution in [0.15, 0.2) is 18.5 Å². The monoisotopic (exact) mass is 382 g/mol. The minimum Gasteiger partial charge on any atom is -0.487 e. The quantitative estimate of drug-likeness (QED) is 0.580. The van der Waals surface area contributed by atoms with Crippen molar-refractivity contribution in [3.8, 4) is 11.5 Å². The summed E-state index contributed by atoms with van der Waals surface area (Å²) in [6.45, 7) is 1.44. The largest absolute Gasteiger partial charge is 0.487 e. The zero-order valence-electron chi connectivity index (χ0n) is 15.5. The molecular formula is C18H26N2O7. The molecule has 0 radical (unpaired) electrons. The minimum absolute atomic E-state index is 0.229. The maximum atomic E-state index is 10.0. The highest BCUT2D eigenvalue weighted by Crippen LogP contribution is 2.36. The van der Waals surface area contributed by atoms with E-state index in [1.54, 1.807) is 26.6 Å². The highest BCUT2D eigenvalue weighted by Gasteiger charge is 2.35. The fourth-order valence-corrected chi connectivity index (χ4v) is 3.01. The summed E-state index contributed by atoms with van der Waals surface area (Å²) in [5.41, 5.74) is 1.50. The summed E-state index contributed by atoms with van der Waals surface area (Å²) in [6, 6.07) is 3.64. The third-order valence-electron chi connectivity index (χ3n) is 4.42. The molecule has 2 N–H and O–H groups in total. The number of benzene rings is 1. The van der Waals surface area contributed by atoms with E-state index < -0.39 is 18.4 Å². The zero-order chi connectivity index (χ0) is 19.2. The van der Waals surface area contributed by atoms with Crippen molar-refractivity contribution in [2.75, 3.05) is 47.3 Å². The highest BCUT2D eigenvalue weighted by atomic mass is 16.6. The van der Waals surface area contributed by atoms with Crippen LogP contribution < -0.4 is 9.47 Å². The minimum atomic E-state index is -0.716. The summed E-state index contributed by atoms with van der Waals surface area (Å²) in [4.78, 5) is 4.41. The third kappa shape index (κ3) is 4.50. The number of imidazole rings is 1. The SMILES string of the molecule is COCCOc1cc2ncn([C@H]3CC(O)[C@@H](CO)O3)c2cc1OCCOC. The second-order valence-electron chi connectivity index (χ2n) is 6.24. The molecule has 1 aliphatic rings. The van der Waals surface area contributed by atoms with Crippen molar-refractivity contribution in [2.45, 2.75) is 24.9 Å². The third-order valence-corrected chi connectivity index (χ3v) is 4.42. The fourth-order valence-electron chi connectivity index (χ4n) is 3.01. The average molecular weight is 382 g/mol. The lowest BCUT2D eigenvalue weighted by molar-refractivity contribution is -0.0430. The van der Waals surface area contributed by atoms with E-state index in [4.69, 9.17) is 23.7 Å². The Morgan fingerprint density at radius 2 is 1.78 bits per heavy atom. The Morgan fingerprint density at radius 1 is 1.11 bits per heavy atom. The number of aromatic nitrogens is 2. The molecule has 150 valence electrons. The van der Waals surface area contributed by atoms with Gasteiger partial charge in [-0.3, -0.25) is 0 Å². The van der Waals surface area contributed by atoms with Crippen LogP contribution in [0.3, 0.4) is 0 Å². The molecule has 2 heterocycles. The van der Waals surface area contributed by atoms with Gasteiger partial charge in [0.25, 0.3) is 0 Å². The van der Waals surface area contributed by atoms with Crippen LogP contribution in [-0.4, -0.2) is 79.2 Å². The summed E-state index contributed by atoms with van der Waals surface area (Å²) in [6.07, 6.45) is 0.310. The van der Waals surface area contributed by atoms with Gasteiger partial charge in [0.2, 0.25) is 0 Å². The first-order valence-corrected chi connectivity index (χ1v) is 8.86. The van der Waals surface area contributed by atoms with Gasteiger partial charge < -0.3 is 38.5 Å². The number of aliphatic hydroxyl groups excluding tert-OH is 2. The topological polar surface area (TPSA) is 104 Å². The van der Waals surface area contributed by atoms with Gasteiger partial charge in [0.05, 0.1) is 43.3 Å². The summed E-state index contributed by atoms with van der Waals surface area (Å²) < 4.78 is 29.2. The molecule has 9 heteroatoms. The number of ether oxygens (including phenoxy) is 5. The van der Waals surface area contributed by atoms with Crippen molar-refractivity contribution in [2.24, 2.45) is 0 Å². The van der Waals surface area contributed by atoms with Crippen molar-refractivity contribution in [3.63, 3.8) is 0 Å². The smallest absolute Gasteiger partial charge is 0.163 e. The second kappa shape index (κ2) is 9.34. The van der Waals surface area contributed by atoms with Crippen LogP contribution in [0.2, 0.25) is 0 Å². The zero-order valence-corrected chi connectivity index (χ0v) is 15.5. The Morgan fingerprint density at radius 3 is 2.37 bits per heavy atom. The van der Waals surface area contributed by atoms with Crippen molar-refractivity contribution in [1.29, 1.82) is 0 Å². The molecule has 0 spiro atoms. The van der Waals surface area contributed by atoms with E-state index in [2.05, 4.69) is 4.98 Å². The predicted molar refractivity (Wildman–Crippen MR) is 96.1 cm³/mol. The lowest BCUT2D eigenvalue weighted by Crippen LogP contribution is -2.24. The van der Waals surface area contributed by atoms with Gasteiger partial charge in [0.15, 0.2) is 11.5 Å². The van der Waals surface area contributed by atoms with Gasteiger partial charge in [-0.2, -0.15) is 0 Å². The molecule has 0 aliphatic carbocycles. The maximum absolute atomic E-state index is 10.0. The Bertz CT molecular complexity index is 736. The Kier molecular flexibility index (Phi) is 6.86. The van der Waals surface area contributed by atoms with Crippen LogP contribution in [-0.2, 0) is 14.2 Å². The van der Waals surface area contributed by atoms with Gasteiger partial charge in [-0.25, -0.2) is 4.98 Å². The average Bonchev–Trinajstić information content (AvgIpc) is 3.24. The molecule has 9 nitrogen and oxygen atoms in total. The van der Waals surface area contributed by atoms with E-state index in [0.717, 1.165) is 5.52 Å². The van der Waals surface area contributed by atoms with Crippen LogP contribution in [0.1, 0.15) is 12.6 Å². The van der Waals surface area contributed by atoms with Gasteiger partial charge in [-0.15, -0.1) is 0 Å². The molecule has 0 amide bonds. The van der Waals surface area contributed by atoms with Crippen molar-refractivity contribution >= 4 is 11.0 Å². The predicted octanol–water partition coefficient (Wildman–Crippen LogP) is 0.727. The molecule has 1 aromatic heterocycles. The lowest BCUT2D eigenvalue weighted by Gasteiger charge is -2.16. The molecule has 0 saturated carbocycles. The summed E-state index contributed by atoms with van der Waals surface area (Å²) >= 11 is 0. The van der Waals surface area contributed by atoms with Gasteiger partial charge in [-0.1, -0.05) is 0 Å². The number of hydrogen-bond donors (Lipinski definition) is 2. The van der Waals surface area contributed by atoms with Gasteiger partial charge in [-0.05, 0) is 0 Å². The van der Waals surface area contributed by atoms with Crippen LogP contribution in [0.5, 0.6) is 11.5 Å². The van der Waals surface area contributed by atoms with Crippen LogP contribution in [0.25, 0.3) is 11.0 Å². The second-order valence-corrected chi connectivity index (χ2v) is 6.24. The standard InChI is InChI=1S/C18H26N2O7/c1-23-3-5-25-15-7-12-13(8-16(15)26-6-4-24-2)20(11-19-12)18-9-14(22)17(10-21)27-18/h7-8,11,14,17-18,21-22H,3-6,9-10H2,1-2H3/t14?,17-,18-/m1/s1. The number of methoxy groups -OCH3 is 2. The summed E-state index contributed by atoms with van der Waals surface area (Å²) in [7, 11) is 3.22. The molecule has 27 heavy (non-hydrogen) atoms. The van der Waals surface area contributed by atoms with Gasteiger partial charge in [0.1, 0.15) is 25.5 Å². The molecule has 0 bridgehead atoms. The fraction of sp³-hybridized carbons (Fsp3) is 0.611. The molecule has 1 fully saturated rings. The number of fused-ring (bicyclic) bond motifs is 1. The van der Waals surface area contributed by atoms with E-state index in [1.165, 1.54) is 0 Å².